The summed E-state index contributed by atoms with van der Waals surface area (Å²) in [6, 6.07) is 7.80. The Morgan fingerprint density at radius 3 is 2.95 bits per heavy atom. The average Bonchev–Trinajstić information content (AvgIpc) is 2.97. The molecule has 0 saturated carbocycles. The molecule has 1 aliphatic heterocycles. The molecule has 1 aromatic heterocycles. The number of halogens is 1. The third-order valence-corrected chi connectivity index (χ3v) is 3.75. The van der Waals surface area contributed by atoms with Gasteiger partial charge in [-0.2, -0.15) is 5.10 Å². The molecule has 19 heavy (non-hydrogen) atoms. The molecule has 0 fully saturated rings. The highest BCUT2D eigenvalue weighted by molar-refractivity contribution is 6.31. The highest BCUT2D eigenvalue weighted by Crippen LogP contribution is 2.35. The number of aryl methyl sites for hydroxylation is 1. The van der Waals surface area contributed by atoms with E-state index in [0.29, 0.717) is 5.02 Å². The lowest BCUT2D eigenvalue weighted by Gasteiger charge is -2.23. The highest BCUT2D eigenvalue weighted by Gasteiger charge is 2.33. The van der Waals surface area contributed by atoms with Crippen molar-refractivity contribution in [2.45, 2.75) is 18.6 Å². The molecule has 3 rings (SSSR count). The monoisotopic (exact) mass is 278 g/mol. The van der Waals surface area contributed by atoms with Gasteiger partial charge in [-0.15, -0.1) is 0 Å². The Hall–Kier alpha value is -1.56. The van der Waals surface area contributed by atoms with Crippen molar-refractivity contribution in [1.82, 2.24) is 15.2 Å². The van der Waals surface area contributed by atoms with Gasteiger partial charge >= 0.3 is 0 Å². The molecule has 100 valence electrons. The van der Waals surface area contributed by atoms with Crippen molar-refractivity contribution >= 4 is 11.6 Å². The van der Waals surface area contributed by atoms with Gasteiger partial charge in [-0.1, -0.05) is 29.8 Å². The Morgan fingerprint density at radius 2 is 2.32 bits per heavy atom. The summed E-state index contributed by atoms with van der Waals surface area (Å²) in [5, 5.41) is 4.73. The molecule has 0 saturated heterocycles. The smallest absolute Gasteiger partial charge is 0.125 e. The lowest BCUT2D eigenvalue weighted by Crippen LogP contribution is -2.40. The number of para-hydroxylation sites is 1. The van der Waals surface area contributed by atoms with Gasteiger partial charge in [-0.3, -0.25) is 10.5 Å². The van der Waals surface area contributed by atoms with Crippen LogP contribution in [0.25, 0.3) is 0 Å². The van der Waals surface area contributed by atoms with Crippen LogP contribution in [0.1, 0.15) is 17.3 Å². The number of hydrogen-bond donors (Lipinski definition) is 2. The Morgan fingerprint density at radius 1 is 1.53 bits per heavy atom. The van der Waals surface area contributed by atoms with E-state index in [1.807, 2.05) is 25.2 Å². The quantitative estimate of drug-likeness (QED) is 0.661. The summed E-state index contributed by atoms with van der Waals surface area (Å²) in [5.74, 6) is 6.60. The van der Waals surface area contributed by atoms with E-state index in [0.717, 1.165) is 17.9 Å². The standard InChI is InChI=1S/C13H15ClN4O/c1-18-13(9(14)7-16-18)12(17-15)11-6-8-4-2-3-5-10(8)19-11/h2-5,7,11-12,17H,6,15H2,1H3. The van der Waals surface area contributed by atoms with Crippen molar-refractivity contribution in [3.05, 3.63) is 46.7 Å². The van der Waals surface area contributed by atoms with Gasteiger partial charge in [0.05, 0.1) is 16.9 Å². The zero-order valence-corrected chi connectivity index (χ0v) is 11.3. The zero-order chi connectivity index (χ0) is 13.4. The first-order valence-electron chi connectivity index (χ1n) is 6.09. The summed E-state index contributed by atoms with van der Waals surface area (Å²) in [6.07, 6.45) is 2.32. The van der Waals surface area contributed by atoms with E-state index in [2.05, 4.69) is 16.6 Å². The Bertz CT molecular complexity index is 554. The first-order chi connectivity index (χ1) is 9.20. The lowest BCUT2D eigenvalue weighted by atomic mass is 10.0. The van der Waals surface area contributed by atoms with Crippen LogP contribution in [0.5, 0.6) is 5.75 Å². The number of rotatable bonds is 3. The summed E-state index contributed by atoms with van der Waals surface area (Å²) in [4.78, 5) is 0. The van der Waals surface area contributed by atoms with Crippen LogP contribution >= 0.6 is 11.6 Å². The van der Waals surface area contributed by atoms with E-state index >= 15 is 0 Å². The number of hydrazine groups is 1. The van der Waals surface area contributed by atoms with Crippen LogP contribution in [0.3, 0.4) is 0 Å². The molecule has 2 unspecified atom stereocenters. The number of aromatic nitrogens is 2. The third-order valence-electron chi connectivity index (χ3n) is 3.46. The molecule has 3 N–H and O–H groups in total. The van der Waals surface area contributed by atoms with E-state index in [1.165, 1.54) is 5.56 Å². The number of nitrogens with zero attached hydrogens (tertiary/aromatic N) is 2. The predicted octanol–water partition coefficient (Wildman–Crippen LogP) is 1.58. The van der Waals surface area contributed by atoms with Gasteiger partial charge in [-0.25, -0.2) is 5.43 Å². The minimum absolute atomic E-state index is 0.0877. The van der Waals surface area contributed by atoms with Gasteiger partial charge in [0.25, 0.3) is 0 Å². The van der Waals surface area contributed by atoms with E-state index in [9.17, 15) is 0 Å². The van der Waals surface area contributed by atoms with Crippen molar-refractivity contribution < 1.29 is 4.74 Å². The van der Waals surface area contributed by atoms with Gasteiger partial charge in [-0.05, 0) is 11.6 Å². The number of nitrogens with two attached hydrogens (primary N) is 1. The van der Waals surface area contributed by atoms with Crippen LogP contribution in [0.15, 0.2) is 30.5 Å². The third kappa shape index (κ3) is 2.10. The molecule has 0 spiro atoms. The molecular weight excluding hydrogens is 264 g/mol. The van der Waals surface area contributed by atoms with E-state index in [4.69, 9.17) is 22.2 Å². The molecule has 1 aliphatic rings. The van der Waals surface area contributed by atoms with Crippen molar-refractivity contribution in [2.75, 3.05) is 0 Å². The molecule has 1 aromatic carbocycles. The fraction of sp³-hybridized carbons (Fsp3) is 0.308. The minimum atomic E-state index is -0.201. The molecule has 0 aliphatic carbocycles. The van der Waals surface area contributed by atoms with Gasteiger partial charge in [0.1, 0.15) is 17.9 Å². The zero-order valence-electron chi connectivity index (χ0n) is 10.5. The second-order valence-corrected chi connectivity index (χ2v) is 5.02. The second-order valence-electron chi connectivity index (χ2n) is 4.61. The van der Waals surface area contributed by atoms with Crippen LogP contribution < -0.4 is 16.0 Å². The molecule has 2 heterocycles. The van der Waals surface area contributed by atoms with Crippen molar-refractivity contribution in [2.24, 2.45) is 12.9 Å². The normalized spacial score (nSPS) is 19.0. The van der Waals surface area contributed by atoms with Crippen LogP contribution in [-0.4, -0.2) is 15.9 Å². The molecule has 2 aromatic rings. The number of fused-ring (bicyclic) bond motifs is 1. The van der Waals surface area contributed by atoms with Crippen molar-refractivity contribution in [1.29, 1.82) is 0 Å². The molecule has 0 radical (unpaired) electrons. The van der Waals surface area contributed by atoms with E-state index in [1.54, 1.807) is 10.9 Å². The summed E-state index contributed by atoms with van der Waals surface area (Å²) in [7, 11) is 1.84. The summed E-state index contributed by atoms with van der Waals surface area (Å²) >= 11 is 6.17. The maximum Gasteiger partial charge on any atom is 0.125 e. The lowest BCUT2D eigenvalue weighted by molar-refractivity contribution is 0.174. The molecular formula is C13H15ClN4O. The Kier molecular flexibility index (Phi) is 3.18. The molecule has 0 bridgehead atoms. The van der Waals surface area contributed by atoms with Gasteiger partial charge in [0, 0.05) is 13.5 Å². The first-order valence-corrected chi connectivity index (χ1v) is 6.46. The fourth-order valence-electron chi connectivity index (χ4n) is 2.53. The summed E-state index contributed by atoms with van der Waals surface area (Å²) < 4.78 is 7.67. The Labute approximate surface area is 116 Å². The molecule has 2 atom stereocenters. The minimum Gasteiger partial charge on any atom is -0.488 e. The predicted molar refractivity (Wildman–Crippen MR) is 72.8 cm³/mol. The molecule has 5 nitrogen and oxygen atoms in total. The van der Waals surface area contributed by atoms with Gasteiger partial charge < -0.3 is 4.74 Å². The maximum atomic E-state index is 6.17. The number of nitrogens with one attached hydrogen (secondary N) is 1. The fourth-order valence-corrected chi connectivity index (χ4v) is 2.81. The molecule has 0 amide bonds. The maximum absolute atomic E-state index is 6.17. The number of benzene rings is 1. The topological polar surface area (TPSA) is 65.1 Å². The SMILES string of the molecule is Cn1ncc(Cl)c1C(NN)C1Cc2ccccc2O1. The second kappa shape index (κ2) is 4.85. The summed E-state index contributed by atoms with van der Waals surface area (Å²) in [6.45, 7) is 0. The molecule has 6 heteroatoms. The van der Waals surface area contributed by atoms with Crippen LogP contribution in [0.2, 0.25) is 5.02 Å². The van der Waals surface area contributed by atoms with Crippen LogP contribution in [0.4, 0.5) is 0 Å². The number of ether oxygens (including phenoxy) is 1. The van der Waals surface area contributed by atoms with Crippen molar-refractivity contribution in [3.63, 3.8) is 0 Å². The van der Waals surface area contributed by atoms with Gasteiger partial charge in [0.2, 0.25) is 0 Å². The van der Waals surface area contributed by atoms with E-state index < -0.39 is 0 Å². The van der Waals surface area contributed by atoms with E-state index in [-0.39, 0.29) is 12.1 Å². The largest absolute Gasteiger partial charge is 0.488 e. The van der Waals surface area contributed by atoms with Crippen LogP contribution in [0, 0.1) is 0 Å². The van der Waals surface area contributed by atoms with Crippen LogP contribution in [-0.2, 0) is 13.5 Å². The first kappa shape index (κ1) is 12.5. The summed E-state index contributed by atoms with van der Waals surface area (Å²) in [5.41, 5.74) is 4.81. The Balaban J connectivity index is 1.90. The highest BCUT2D eigenvalue weighted by atomic mass is 35.5. The van der Waals surface area contributed by atoms with Crippen molar-refractivity contribution in [3.8, 4) is 5.75 Å². The van der Waals surface area contributed by atoms with Gasteiger partial charge in [0.15, 0.2) is 0 Å². The average molecular weight is 279 g/mol. The number of hydrogen-bond acceptors (Lipinski definition) is 4.